The summed E-state index contributed by atoms with van der Waals surface area (Å²) in [7, 11) is 1.36. The van der Waals surface area contributed by atoms with Crippen LogP contribution in [0.4, 0.5) is 5.69 Å². The third-order valence-corrected chi connectivity index (χ3v) is 2.93. The van der Waals surface area contributed by atoms with Gasteiger partial charge in [-0.15, -0.1) is 0 Å². The number of aryl methyl sites for hydroxylation is 1. The molecule has 0 heterocycles. The van der Waals surface area contributed by atoms with E-state index in [4.69, 9.17) is 10.5 Å². The van der Waals surface area contributed by atoms with Crippen LogP contribution in [0.3, 0.4) is 0 Å². The average molecular weight is 271 g/mol. The molecular weight excluding hydrogens is 254 g/mol. The summed E-state index contributed by atoms with van der Waals surface area (Å²) in [6.07, 6.45) is 0. The van der Waals surface area contributed by atoms with E-state index in [1.165, 1.54) is 7.11 Å². The Kier molecular flexibility index (Phi) is 4.25. The summed E-state index contributed by atoms with van der Waals surface area (Å²) in [5.41, 5.74) is 9.07. The fourth-order valence-corrected chi connectivity index (χ4v) is 1.82. The van der Waals surface area contributed by atoms with Gasteiger partial charge in [-0.3, -0.25) is 0 Å². The topological polar surface area (TPSA) is 61.5 Å². The first-order chi connectivity index (χ1) is 9.60. The molecule has 0 aliphatic carbocycles. The van der Waals surface area contributed by atoms with Crippen molar-refractivity contribution in [3.8, 4) is 5.75 Å². The largest absolute Gasteiger partial charge is 0.487 e. The van der Waals surface area contributed by atoms with Gasteiger partial charge in [0.05, 0.1) is 18.4 Å². The van der Waals surface area contributed by atoms with Crippen molar-refractivity contribution in [2.45, 2.75) is 13.5 Å². The number of nitrogens with two attached hydrogens (primary N) is 1. The molecule has 2 rings (SSSR count). The number of ether oxygens (including phenoxy) is 2. The van der Waals surface area contributed by atoms with Gasteiger partial charge in [0.25, 0.3) is 0 Å². The van der Waals surface area contributed by atoms with Crippen molar-refractivity contribution in [1.29, 1.82) is 0 Å². The molecule has 0 bridgehead atoms. The number of hydrogen-bond acceptors (Lipinski definition) is 4. The van der Waals surface area contributed by atoms with Gasteiger partial charge in [0.15, 0.2) is 0 Å². The molecule has 0 radical (unpaired) electrons. The number of methoxy groups -OCH3 is 1. The number of esters is 1. The molecule has 4 heteroatoms. The second-order valence-corrected chi connectivity index (χ2v) is 4.52. The molecule has 0 spiro atoms. The fraction of sp³-hybridized carbons (Fsp3) is 0.188. The minimum atomic E-state index is -0.347. The van der Waals surface area contributed by atoms with Gasteiger partial charge in [-0.1, -0.05) is 18.2 Å². The molecule has 4 nitrogen and oxygen atoms in total. The number of rotatable bonds is 4. The molecule has 2 aromatic carbocycles. The van der Waals surface area contributed by atoms with Crippen molar-refractivity contribution in [3.63, 3.8) is 0 Å². The van der Waals surface area contributed by atoms with Gasteiger partial charge in [0.2, 0.25) is 0 Å². The Bertz CT molecular complexity index is 606. The van der Waals surface area contributed by atoms with Crippen molar-refractivity contribution in [1.82, 2.24) is 0 Å². The molecule has 0 aromatic heterocycles. The van der Waals surface area contributed by atoms with Crippen LogP contribution >= 0.6 is 0 Å². The van der Waals surface area contributed by atoms with Gasteiger partial charge in [-0.05, 0) is 42.3 Å². The van der Waals surface area contributed by atoms with Gasteiger partial charge in [-0.25, -0.2) is 4.79 Å². The second-order valence-electron chi connectivity index (χ2n) is 4.52. The molecule has 0 fully saturated rings. The zero-order valence-electron chi connectivity index (χ0n) is 11.6. The van der Waals surface area contributed by atoms with Crippen LogP contribution in [0.5, 0.6) is 5.75 Å². The van der Waals surface area contributed by atoms with E-state index in [1.54, 1.807) is 12.1 Å². The molecule has 0 saturated carbocycles. The highest BCUT2D eigenvalue weighted by atomic mass is 16.5. The number of anilines is 1. The third-order valence-electron chi connectivity index (χ3n) is 2.93. The van der Waals surface area contributed by atoms with Crippen LogP contribution in [0.25, 0.3) is 0 Å². The fourth-order valence-electron chi connectivity index (χ4n) is 1.82. The average Bonchev–Trinajstić information content (AvgIpc) is 2.46. The molecule has 2 aromatic rings. The molecule has 2 N–H and O–H groups in total. The Morgan fingerprint density at radius 2 is 1.85 bits per heavy atom. The van der Waals surface area contributed by atoms with Gasteiger partial charge < -0.3 is 15.2 Å². The van der Waals surface area contributed by atoms with E-state index < -0.39 is 0 Å². The highest BCUT2D eigenvalue weighted by Gasteiger charge is 2.05. The first kappa shape index (κ1) is 13.9. The predicted octanol–water partition coefficient (Wildman–Crippen LogP) is 2.94. The number of benzene rings is 2. The van der Waals surface area contributed by atoms with Crippen LogP contribution < -0.4 is 10.5 Å². The van der Waals surface area contributed by atoms with E-state index in [2.05, 4.69) is 4.74 Å². The van der Waals surface area contributed by atoms with Crippen LogP contribution in [-0.2, 0) is 11.3 Å². The first-order valence-electron chi connectivity index (χ1n) is 6.26. The number of carbonyl (C=O) groups excluding carboxylic acids is 1. The Hall–Kier alpha value is -2.49. The zero-order chi connectivity index (χ0) is 14.5. The predicted molar refractivity (Wildman–Crippen MR) is 77.7 cm³/mol. The van der Waals surface area contributed by atoms with Crippen LogP contribution in [0.15, 0.2) is 42.5 Å². The van der Waals surface area contributed by atoms with Crippen LogP contribution in [0.1, 0.15) is 21.5 Å². The molecular formula is C16H17NO3. The lowest BCUT2D eigenvalue weighted by Crippen LogP contribution is -2.02. The summed E-state index contributed by atoms with van der Waals surface area (Å²) in [5, 5.41) is 0. The molecule has 0 aliphatic heterocycles. The lowest BCUT2D eigenvalue weighted by Gasteiger charge is -2.09. The molecule has 0 unspecified atom stereocenters. The highest BCUT2D eigenvalue weighted by molar-refractivity contribution is 5.89. The monoisotopic (exact) mass is 271 g/mol. The Labute approximate surface area is 118 Å². The zero-order valence-corrected chi connectivity index (χ0v) is 11.6. The Morgan fingerprint density at radius 3 is 2.45 bits per heavy atom. The molecule has 0 atom stereocenters. The Morgan fingerprint density at radius 1 is 1.15 bits per heavy atom. The summed E-state index contributed by atoms with van der Waals surface area (Å²) in [5.74, 6) is 0.313. The van der Waals surface area contributed by atoms with Gasteiger partial charge in [0.1, 0.15) is 12.4 Å². The smallest absolute Gasteiger partial charge is 0.337 e. The summed E-state index contributed by atoms with van der Waals surface area (Å²) < 4.78 is 10.3. The first-order valence-corrected chi connectivity index (χ1v) is 6.26. The number of carbonyl (C=O) groups is 1. The molecule has 104 valence electrons. The SMILES string of the molecule is COC(=O)c1ccc(COc2ccc(C)cc2N)cc1. The van der Waals surface area contributed by atoms with Crippen molar-refractivity contribution in [2.75, 3.05) is 12.8 Å². The minimum absolute atomic E-state index is 0.347. The van der Waals surface area contributed by atoms with Gasteiger partial charge in [0, 0.05) is 0 Å². The van der Waals surface area contributed by atoms with E-state index in [9.17, 15) is 4.79 Å². The second kappa shape index (κ2) is 6.10. The maximum atomic E-state index is 11.3. The summed E-state index contributed by atoms with van der Waals surface area (Å²) >= 11 is 0. The molecule has 0 amide bonds. The standard InChI is InChI=1S/C16H17NO3/c1-11-3-8-15(14(17)9-11)20-10-12-4-6-13(7-5-12)16(18)19-2/h3-9H,10,17H2,1-2H3. The summed E-state index contributed by atoms with van der Waals surface area (Å²) in [6, 6.07) is 12.8. The molecule has 0 saturated heterocycles. The minimum Gasteiger partial charge on any atom is -0.487 e. The normalized spacial score (nSPS) is 10.1. The van der Waals surface area contributed by atoms with Crippen LogP contribution in [0, 0.1) is 6.92 Å². The van der Waals surface area contributed by atoms with Crippen LogP contribution in [0.2, 0.25) is 0 Å². The number of hydrogen-bond donors (Lipinski definition) is 1. The highest BCUT2D eigenvalue weighted by Crippen LogP contribution is 2.23. The third kappa shape index (κ3) is 3.29. The van der Waals surface area contributed by atoms with Gasteiger partial charge in [-0.2, -0.15) is 0 Å². The quantitative estimate of drug-likeness (QED) is 0.686. The van der Waals surface area contributed by atoms with E-state index in [1.807, 2.05) is 37.3 Å². The van der Waals surface area contributed by atoms with Crippen molar-refractivity contribution >= 4 is 11.7 Å². The van der Waals surface area contributed by atoms with Crippen LogP contribution in [-0.4, -0.2) is 13.1 Å². The maximum absolute atomic E-state index is 11.3. The lowest BCUT2D eigenvalue weighted by atomic mass is 10.1. The molecule has 20 heavy (non-hydrogen) atoms. The summed E-state index contributed by atoms with van der Waals surface area (Å²) in [4.78, 5) is 11.3. The Balaban J connectivity index is 2.02. The van der Waals surface area contributed by atoms with Crippen molar-refractivity contribution in [3.05, 3.63) is 59.2 Å². The van der Waals surface area contributed by atoms with Gasteiger partial charge >= 0.3 is 5.97 Å². The number of nitrogen functional groups attached to an aromatic ring is 1. The summed E-state index contributed by atoms with van der Waals surface area (Å²) in [6.45, 7) is 2.38. The van der Waals surface area contributed by atoms with Crippen molar-refractivity contribution < 1.29 is 14.3 Å². The van der Waals surface area contributed by atoms with Crippen molar-refractivity contribution in [2.24, 2.45) is 0 Å². The van der Waals surface area contributed by atoms with E-state index in [0.29, 0.717) is 23.6 Å². The lowest BCUT2D eigenvalue weighted by molar-refractivity contribution is 0.0600. The van der Waals surface area contributed by atoms with E-state index in [0.717, 1.165) is 11.1 Å². The maximum Gasteiger partial charge on any atom is 0.337 e. The van der Waals surface area contributed by atoms with E-state index in [-0.39, 0.29) is 5.97 Å². The van der Waals surface area contributed by atoms with E-state index >= 15 is 0 Å². The molecule has 0 aliphatic rings.